The first kappa shape index (κ1) is 10.8. The van der Waals surface area contributed by atoms with Gasteiger partial charge in [0, 0.05) is 18.1 Å². The average molecular weight is 227 g/mol. The molecule has 1 atom stereocenters. The van der Waals surface area contributed by atoms with Crippen LogP contribution in [0.5, 0.6) is 0 Å². The Balaban J connectivity index is 2.43. The van der Waals surface area contributed by atoms with Crippen LogP contribution in [0.1, 0.15) is 38.9 Å². The van der Waals surface area contributed by atoms with Gasteiger partial charge in [-0.1, -0.05) is 0 Å². The van der Waals surface area contributed by atoms with E-state index in [9.17, 15) is 0 Å². The summed E-state index contributed by atoms with van der Waals surface area (Å²) in [5.74, 6) is 1.42. The maximum Gasteiger partial charge on any atom is 0.195 e. The van der Waals surface area contributed by atoms with Gasteiger partial charge < -0.3 is 4.74 Å². The molecule has 0 bridgehead atoms. The van der Waals surface area contributed by atoms with Gasteiger partial charge in [-0.05, 0) is 39.4 Å². The Kier molecular flexibility index (Phi) is 2.68. The highest BCUT2D eigenvalue weighted by Gasteiger charge is 2.27. The summed E-state index contributed by atoms with van der Waals surface area (Å²) in [6, 6.07) is 0. The largest absolute Gasteiger partial charge is 0.381 e. The zero-order valence-electron chi connectivity index (χ0n) is 9.41. The zero-order valence-corrected chi connectivity index (χ0v) is 10.2. The number of aromatic nitrogens is 3. The fraction of sp³-hybridized carbons (Fsp3) is 0.800. The van der Waals surface area contributed by atoms with Gasteiger partial charge in [-0.25, -0.2) is 0 Å². The van der Waals surface area contributed by atoms with Gasteiger partial charge in [-0.3, -0.25) is 9.67 Å². The minimum absolute atomic E-state index is 0.0258. The maximum atomic E-state index is 5.39. The van der Waals surface area contributed by atoms with Crippen molar-refractivity contribution >= 4 is 12.2 Å². The quantitative estimate of drug-likeness (QED) is 0.748. The molecule has 4 nitrogen and oxygen atoms in total. The lowest BCUT2D eigenvalue weighted by Gasteiger charge is -2.24. The van der Waals surface area contributed by atoms with E-state index in [-0.39, 0.29) is 5.54 Å². The predicted molar refractivity (Wildman–Crippen MR) is 60.6 cm³/mol. The van der Waals surface area contributed by atoms with Crippen LogP contribution in [0.25, 0.3) is 0 Å². The third-order valence-corrected chi connectivity index (χ3v) is 2.94. The molecule has 0 aromatic carbocycles. The molecule has 0 amide bonds. The van der Waals surface area contributed by atoms with Gasteiger partial charge >= 0.3 is 0 Å². The molecule has 0 radical (unpaired) electrons. The molecular formula is C10H17N3OS. The third kappa shape index (κ3) is 1.99. The van der Waals surface area contributed by atoms with E-state index in [0.29, 0.717) is 10.7 Å². The molecule has 1 unspecified atom stereocenters. The molecular weight excluding hydrogens is 210 g/mol. The molecule has 0 saturated carbocycles. The van der Waals surface area contributed by atoms with E-state index in [1.807, 2.05) is 0 Å². The van der Waals surface area contributed by atoms with Crippen molar-refractivity contribution in [3.05, 3.63) is 10.6 Å². The molecule has 5 heteroatoms. The predicted octanol–water partition coefficient (Wildman–Crippen LogP) is 2.20. The van der Waals surface area contributed by atoms with Crippen LogP contribution in [0.2, 0.25) is 0 Å². The fourth-order valence-corrected chi connectivity index (χ4v) is 2.38. The second-order valence-corrected chi connectivity index (χ2v) is 5.34. The summed E-state index contributed by atoms with van der Waals surface area (Å²) in [5.41, 5.74) is -0.0258. The highest BCUT2D eigenvalue weighted by molar-refractivity contribution is 7.71. The van der Waals surface area contributed by atoms with E-state index in [0.717, 1.165) is 25.5 Å². The Bertz CT molecular complexity index is 396. The van der Waals surface area contributed by atoms with Crippen molar-refractivity contribution in [3.63, 3.8) is 0 Å². The first-order valence-corrected chi connectivity index (χ1v) is 5.66. The van der Waals surface area contributed by atoms with E-state index >= 15 is 0 Å². The number of nitrogens with one attached hydrogen (secondary N) is 1. The van der Waals surface area contributed by atoms with Crippen LogP contribution in [0.15, 0.2) is 0 Å². The van der Waals surface area contributed by atoms with Crippen LogP contribution in [-0.4, -0.2) is 28.0 Å². The van der Waals surface area contributed by atoms with Crippen molar-refractivity contribution in [2.75, 3.05) is 13.2 Å². The van der Waals surface area contributed by atoms with Crippen molar-refractivity contribution < 1.29 is 4.74 Å². The summed E-state index contributed by atoms with van der Waals surface area (Å²) in [6.45, 7) is 8.00. The van der Waals surface area contributed by atoms with Crippen LogP contribution in [0, 0.1) is 4.77 Å². The third-order valence-electron chi connectivity index (χ3n) is 2.66. The maximum absolute atomic E-state index is 5.39. The van der Waals surface area contributed by atoms with Gasteiger partial charge in [0.2, 0.25) is 0 Å². The minimum atomic E-state index is -0.0258. The summed E-state index contributed by atoms with van der Waals surface area (Å²) in [4.78, 5) is 0. The van der Waals surface area contributed by atoms with Crippen molar-refractivity contribution in [2.24, 2.45) is 0 Å². The van der Waals surface area contributed by atoms with Crippen LogP contribution >= 0.6 is 12.2 Å². The van der Waals surface area contributed by atoms with Crippen molar-refractivity contribution in [2.45, 2.75) is 38.6 Å². The lowest BCUT2D eigenvalue weighted by molar-refractivity contribution is 0.192. The van der Waals surface area contributed by atoms with Crippen LogP contribution < -0.4 is 0 Å². The van der Waals surface area contributed by atoms with Gasteiger partial charge in [0.05, 0.1) is 6.61 Å². The van der Waals surface area contributed by atoms with Gasteiger partial charge in [0.15, 0.2) is 4.77 Å². The Morgan fingerprint density at radius 3 is 2.80 bits per heavy atom. The number of hydrogen-bond donors (Lipinski definition) is 1. The number of rotatable bonds is 1. The summed E-state index contributed by atoms with van der Waals surface area (Å²) in [5, 5.41) is 7.21. The Morgan fingerprint density at radius 2 is 2.27 bits per heavy atom. The van der Waals surface area contributed by atoms with Gasteiger partial charge in [-0.2, -0.15) is 5.10 Å². The molecule has 1 fully saturated rings. The van der Waals surface area contributed by atoms with E-state index < -0.39 is 0 Å². The van der Waals surface area contributed by atoms with E-state index in [4.69, 9.17) is 17.0 Å². The van der Waals surface area contributed by atoms with E-state index in [1.54, 1.807) is 0 Å². The number of nitrogens with zero attached hydrogens (tertiary/aromatic N) is 2. The number of H-pyrrole nitrogens is 1. The summed E-state index contributed by atoms with van der Waals surface area (Å²) in [7, 11) is 0. The lowest BCUT2D eigenvalue weighted by Crippen LogP contribution is -2.25. The normalized spacial score (nSPS) is 22.2. The Labute approximate surface area is 94.6 Å². The van der Waals surface area contributed by atoms with Crippen LogP contribution in [0.4, 0.5) is 0 Å². The molecule has 1 aliphatic heterocycles. The van der Waals surface area contributed by atoms with Gasteiger partial charge in [-0.15, -0.1) is 0 Å². The van der Waals surface area contributed by atoms with Crippen molar-refractivity contribution in [1.82, 2.24) is 14.8 Å². The molecule has 2 heterocycles. The van der Waals surface area contributed by atoms with Crippen molar-refractivity contribution in [1.29, 1.82) is 0 Å². The van der Waals surface area contributed by atoms with Gasteiger partial charge in [0.25, 0.3) is 0 Å². The molecule has 1 saturated heterocycles. The molecule has 1 aliphatic rings. The topological polar surface area (TPSA) is 42.8 Å². The van der Waals surface area contributed by atoms with Crippen LogP contribution in [0.3, 0.4) is 0 Å². The lowest BCUT2D eigenvalue weighted by atomic mass is 10.0. The molecule has 1 N–H and O–H groups in total. The standard InChI is InChI=1S/C10H17N3OS/c1-10(2,3)13-8(11-12-9(13)15)7-4-5-14-6-7/h7H,4-6H2,1-3H3,(H,12,15). The highest BCUT2D eigenvalue weighted by atomic mass is 32.1. The highest BCUT2D eigenvalue weighted by Crippen LogP contribution is 2.27. The molecule has 84 valence electrons. The second kappa shape index (κ2) is 3.72. The molecule has 15 heavy (non-hydrogen) atoms. The van der Waals surface area contributed by atoms with E-state index in [1.165, 1.54) is 0 Å². The molecule has 1 aromatic heterocycles. The summed E-state index contributed by atoms with van der Waals surface area (Å²) in [6.07, 6.45) is 1.04. The first-order valence-electron chi connectivity index (χ1n) is 5.25. The molecule has 2 rings (SSSR count). The number of hydrogen-bond acceptors (Lipinski definition) is 3. The zero-order chi connectivity index (χ0) is 11.1. The smallest absolute Gasteiger partial charge is 0.195 e. The first-order chi connectivity index (χ1) is 7.00. The Morgan fingerprint density at radius 1 is 1.53 bits per heavy atom. The number of ether oxygens (including phenoxy) is 1. The van der Waals surface area contributed by atoms with Crippen LogP contribution in [-0.2, 0) is 10.3 Å². The summed E-state index contributed by atoms with van der Waals surface area (Å²) < 4.78 is 8.18. The number of aromatic amines is 1. The minimum Gasteiger partial charge on any atom is -0.381 e. The molecule has 0 aliphatic carbocycles. The monoisotopic (exact) mass is 227 g/mol. The van der Waals surface area contributed by atoms with E-state index in [2.05, 4.69) is 35.5 Å². The van der Waals surface area contributed by atoms with Crippen molar-refractivity contribution in [3.8, 4) is 0 Å². The SMILES string of the molecule is CC(C)(C)n1c(C2CCOC2)n[nH]c1=S. The molecule has 0 spiro atoms. The average Bonchev–Trinajstić information content (AvgIpc) is 2.68. The second-order valence-electron chi connectivity index (χ2n) is 4.95. The fourth-order valence-electron chi connectivity index (χ4n) is 1.97. The Hall–Kier alpha value is -0.680. The van der Waals surface area contributed by atoms with Gasteiger partial charge in [0.1, 0.15) is 5.82 Å². The molecule has 1 aromatic rings. The summed E-state index contributed by atoms with van der Waals surface area (Å²) >= 11 is 5.26.